The lowest BCUT2D eigenvalue weighted by molar-refractivity contribution is -0.116. The van der Waals surface area contributed by atoms with Gasteiger partial charge in [-0.1, -0.05) is 13.8 Å². The van der Waals surface area contributed by atoms with Crippen molar-refractivity contribution in [3.63, 3.8) is 0 Å². The molecule has 2 aromatic rings. The van der Waals surface area contributed by atoms with E-state index in [1.54, 1.807) is 6.20 Å². The van der Waals surface area contributed by atoms with Gasteiger partial charge in [0.1, 0.15) is 0 Å². The van der Waals surface area contributed by atoms with Gasteiger partial charge in [-0.15, -0.1) is 0 Å². The fourth-order valence-electron chi connectivity index (χ4n) is 1.67. The number of aryl methyl sites for hydroxylation is 1. The number of rotatable bonds is 3. The number of aromatic nitrogens is 3. The zero-order valence-electron chi connectivity index (χ0n) is 10.2. The van der Waals surface area contributed by atoms with Crippen LogP contribution in [0.3, 0.4) is 0 Å². The molecule has 0 fully saturated rings. The zero-order chi connectivity index (χ0) is 12.4. The number of nitrogens with zero attached hydrogens (tertiary/aromatic N) is 2. The number of fused-ring (bicyclic) bond motifs is 1. The van der Waals surface area contributed by atoms with E-state index in [0.29, 0.717) is 23.7 Å². The highest BCUT2D eigenvalue weighted by molar-refractivity contribution is 5.93. The van der Waals surface area contributed by atoms with Gasteiger partial charge in [0.25, 0.3) is 0 Å². The van der Waals surface area contributed by atoms with Gasteiger partial charge < -0.3 is 5.32 Å². The van der Waals surface area contributed by atoms with Crippen molar-refractivity contribution < 1.29 is 4.79 Å². The monoisotopic (exact) mass is 232 g/mol. The van der Waals surface area contributed by atoms with Crippen molar-refractivity contribution in [2.24, 2.45) is 5.92 Å². The lowest BCUT2D eigenvalue weighted by Gasteiger charge is -2.06. The summed E-state index contributed by atoms with van der Waals surface area (Å²) in [6, 6.07) is 1.89. The van der Waals surface area contributed by atoms with Crippen LogP contribution in [-0.2, 0) is 4.79 Å². The maximum absolute atomic E-state index is 11.6. The van der Waals surface area contributed by atoms with Crippen LogP contribution in [0, 0.1) is 12.8 Å². The standard InChI is InChI=1S/C12H16N4O/c1-7(2)4-11(17)14-9-5-10-8(3)15-16-12(10)13-6-9/h5-7H,4H2,1-3H3,(H,14,17)(H,13,15,16). The quantitative estimate of drug-likeness (QED) is 0.852. The molecule has 0 unspecified atom stereocenters. The first-order valence-electron chi connectivity index (χ1n) is 5.67. The Morgan fingerprint density at radius 2 is 2.29 bits per heavy atom. The molecule has 2 aromatic heterocycles. The summed E-state index contributed by atoms with van der Waals surface area (Å²) in [6.07, 6.45) is 2.14. The molecule has 5 heteroatoms. The van der Waals surface area contributed by atoms with Crippen LogP contribution in [0.2, 0.25) is 0 Å². The molecular formula is C12H16N4O. The number of carbonyl (C=O) groups is 1. The predicted octanol–water partition coefficient (Wildman–Crippen LogP) is 2.25. The predicted molar refractivity (Wildman–Crippen MR) is 66.7 cm³/mol. The third-order valence-corrected chi connectivity index (χ3v) is 2.48. The molecule has 1 amide bonds. The van der Waals surface area contributed by atoms with Crippen LogP contribution in [0.15, 0.2) is 12.3 Å². The smallest absolute Gasteiger partial charge is 0.224 e. The second-order valence-electron chi connectivity index (χ2n) is 4.59. The first-order chi connectivity index (χ1) is 8.06. The molecule has 0 atom stereocenters. The maximum Gasteiger partial charge on any atom is 0.224 e. The number of pyridine rings is 1. The normalized spacial score (nSPS) is 11.1. The van der Waals surface area contributed by atoms with Crippen LogP contribution >= 0.6 is 0 Å². The van der Waals surface area contributed by atoms with Gasteiger partial charge >= 0.3 is 0 Å². The number of aromatic amines is 1. The van der Waals surface area contributed by atoms with Gasteiger partial charge in [-0.25, -0.2) is 4.98 Å². The maximum atomic E-state index is 11.6. The summed E-state index contributed by atoms with van der Waals surface area (Å²) in [6.45, 7) is 5.96. The molecule has 2 N–H and O–H groups in total. The van der Waals surface area contributed by atoms with Gasteiger partial charge in [0.2, 0.25) is 5.91 Å². The topological polar surface area (TPSA) is 70.7 Å². The van der Waals surface area contributed by atoms with Crippen LogP contribution in [0.5, 0.6) is 0 Å². The van der Waals surface area contributed by atoms with Crippen LogP contribution < -0.4 is 5.32 Å². The molecule has 17 heavy (non-hydrogen) atoms. The van der Waals surface area contributed by atoms with Crippen LogP contribution in [-0.4, -0.2) is 21.1 Å². The van der Waals surface area contributed by atoms with E-state index in [-0.39, 0.29) is 5.91 Å². The van der Waals surface area contributed by atoms with Gasteiger partial charge in [-0.05, 0) is 18.9 Å². The summed E-state index contributed by atoms with van der Waals surface area (Å²) in [7, 11) is 0. The van der Waals surface area contributed by atoms with Crippen molar-refractivity contribution in [2.75, 3.05) is 5.32 Å². The lowest BCUT2D eigenvalue weighted by Crippen LogP contribution is -2.13. The molecule has 0 spiro atoms. The molecule has 0 saturated carbocycles. The van der Waals surface area contributed by atoms with E-state index in [9.17, 15) is 4.79 Å². The minimum absolute atomic E-state index is 0.0160. The molecular weight excluding hydrogens is 216 g/mol. The van der Waals surface area contributed by atoms with Crippen molar-refractivity contribution in [3.05, 3.63) is 18.0 Å². The summed E-state index contributed by atoms with van der Waals surface area (Å²) >= 11 is 0. The Morgan fingerprint density at radius 3 is 3.00 bits per heavy atom. The highest BCUT2D eigenvalue weighted by Crippen LogP contribution is 2.17. The summed E-state index contributed by atoms with van der Waals surface area (Å²) in [4.78, 5) is 15.8. The van der Waals surface area contributed by atoms with E-state index in [1.807, 2.05) is 26.8 Å². The number of hydrogen-bond acceptors (Lipinski definition) is 3. The van der Waals surface area contributed by atoms with E-state index >= 15 is 0 Å². The molecule has 0 bridgehead atoms. The second-order valence-corrected chi connectivity index (χ2v) is 4.59. The number of anilines is 1. The number of hydrogen-bond donors (Lipinski definition) is 2. The Kier molecular flexibility index (Phi) is 3.08. The van der Waals surface area contributed by atoms with Gasteiger partial charge in [0.05, 0.1) is 11.9 Å². The third-order valence-electron chi connectivity index (χ3n) is 2.48. The molecule has 90 valence electrons. The number of H-pyrrole nitrogens is 1. The highest BCUT2D eigenvalue weighted by Gasteiger charge is 2.08. The van der Waals surface area contributed by atoms with E-state index in [2.05, 4.69) is 20.5 Å². The minimum Gasteiger partial charge on any atom is -0.325 e. The molecule has 0 aliphatic carbocycles. The first-order valence-corrected chi connectivity index (χ1v) is 5.67. The van der Waals surface area contributed by atoms with Crippen LogP contribution in [0.25, 0.3) is 11.0 Å². The van der Waals surface area contributed by atoms with Crippen molar-refractivity contribution in [1.29, 1.82) is 0 Å². The third kappa shape index (κ3) is 2.61. The molecule has 0 radical (unpaired) electrons. The Balaban J connectivity index is 2.19. The van der Waals surface area contributed by atoms with Crippen LogP contribution in [0.1, 0.15) is 26.0 Å². The average Bonchev–Trinajstić information content (AvgIpc) is 2.59. The van der Waals surface area contributed by atoms with E-state index < -0.39 is 0 Å². The summed E-state index contributed by atoms with van der Waals surface area (Å²) in [5.41, 5.74) is 2.34. The van der Waals surface area contributed by atoms with Crippen molar-refractivity contribution in [1.82, 2.24) is 15.2 Å². The zero-order valence-corrected chi connectivity index (χ0v) is 10.2. The van der Waals surface area contributed by atoms with Crippen molar-refractivity contribution in [2.45, 2.75) is 27.2 Å². The van der Waals surface area contributed by atoms with Crippen LogP contribution in [0.4, 0.5) is 5.69 Å². The minimum atomic E-state index is 0.0160. The van der Waals surface area contributed by atoms with Crippen molar-refractivity contribution in [3.8, 4) is 0 Å². The Labute approximate surface area is 99.6 Å². The van der Waals surface area contributed by atoms with Gasteiger partial charge in [0, 0.05) is 17.5 Å². The summed E-state index contributed by atoms with van der Waals surface area (Å²) in [5, 5.41) is 10.7. The fourth-order valence-corrected chi connectivity index (χ4v) is 1.67. The average molecular weight is 232 g/mol. The molecule has 2 heterocycles. The summed E-state index contributed by atoms with van der Waals surface area (Å²) in [5.74, 6) is 0.365. The van der Waals surface area contributed by atoms with E-state index in [0.717, 1.165) is 11.1 Å². The largest absolute Gasteiger partial charge is 0.325 e. The molecule has 0 aliphatic heterocycles. The second kappa shape index (κ2) is 4.53. The Bertz CT molecular complexity index is 544. The highest BCUT2D eigenvalue weighted by atomic mass is 16.1. The fraction of sp³-hybridized carbons (Fsp3) is 0.417. The molecule has 0 saturated heterocycles. The number of nitrogens with one attached hydrogen (secondary N) is 2. The Hall–Kier alpha value is -1.91. The molecule has 2 rings (SSSR count). The van der Waals surface area contributed by atoms with Gasteiger partial charge in [-0.2, -0.15) is 5.10 Å². The number of amides is 1. The molecule has 0 aliphatic rings. The first kappa shape index (κ1) is 11.6. The van der Waals surface area contributed by atoms with Gasteiger partial charge in [-0.3, -0.25) is 9.89 Å². The molecule has 5 nitrogen and oxygen atoms in total. The Morgan fingerprint density at radius 1 is 1.53 bits per heavy atom. The van der Waals surface area contributed by atoms with Crippen molar-refractivity contribution >= 4 is 22.6 Å². The summed E-state index contributed by atoms with van der Waals surface area (Å²) < 4.78 is 0. The van der Waals surface area contributed by atoms with E-state index in [4.69, 9.17) is 0 Å². The molecule has 0 aromatic carbocycles. The SMILES string of the molecule is Cc1[nH]nc2ncc(NC(=O)CC(C)C)cc12. The van der Waals surface area contributed by atoms with E-state index in [1.165, 1.54) is 0 Å². The number of carbonyl (C=O) groups excluding carboxylic acids is 1. The lowest BCUT2D eigenvalue weighted by atomic mass is 10.1. The van der Waals surface area contributed by atoms with Gasteiger partial charge in [0.15, 0.2) is 5.65 Å².